The van der Waals surface area contributed by atoms with Gasteiger partial charge in [-0.15, -0.1) is 0 Å². The van der Waals surface area contributed by atoms with Crippen LogP contribution in [-0.2, 0) is 6.54 Å². The Morgan fingerprint density at radius 2 is 1.86 bits per heavy atom. The number of hydrogen-bond acceptors (Lipinski definition) is 5. The molecule has 0 saturated heterocycles. The second-order valence-electron chi connectivity index (χ2n) is 6.69. The van der Waals surface area contributed by atoms with Crippen molar-refractivity contribution in [3.63, 3.8) is 0 Å². The van der Waals surface area contributed by atoms with E-state index in [1.807, 2.05) is 32.3 Å². The molecule has 0 aliphatic carbocycles. The molecule has 0 fully saturated rings. The zero-order valence-corrected chi connectivity index (χ0v) is 16.1. The van der Waals surface area contributed by atoms with E-state index in [4.69, 9.17) is 0 Å². The number of aromatic nitrogens is 3. The standard InChI is InChI=1S/C20H24N6O2/c1-25(2)12-5-9-22-20(28)18-24-17(16-6-3-4-13-26(16)18)19(27)23-14-15-7-10-21-11-8-15/h3-4,6-8,10-11,13H,5,9,12,14H2,1-2H3,(H,22,28)(H,23,27). The Labute approximate surface area is 163 Å². The van der Waals surface area contributed by atoms with E-state index in [0.717, 1.165) is 18.5 Å². The van der Waals surface area contributed by atoms with Crippen molar-refractivity contribution in [2.24, 2.45) is 0 Å². The smallest absolute Gasteiger partial charge is 0.287 e. The molecule has 8 nitrogen and oxygen atoms in total. The van der Waals surface area contributed by atoms with Gasteiger partial charge in [0.25, 0.3) is 11.8 Å². The summed E-state index contributed by atoms with van der Waals surface area (Å²) in [6, 6.07) is 9.05. The van der Waals surface area contributed by atoms with Gasteiger partial charge in [-0.25, -0.2) is 4.98 Å². The summed E-state index contributed by atoms with van der Waals surface area (Å²) in [6.45, 7) is 1.78. The number of imidazole rings is 1. The average Bonchev–Trinajstić information content (AvgIpc) is 3.10. The van der Waals surface area contributed by atoms with Gasteiger partial charge in [0, 0.05) is 31.7 Å². The summed E-state index contributed by atoms with van der Waals surface area (Å²) in [5, 5.41) is 5.71. The molecule has 2 amide bonds. The van der Waals surface area contributed by atoms with Crippen LogP contribution in [-0.4, -0.2) is 58.3 Å². The van der Waals surface area contributed by atoms with Gasteiger partial charge in [0.2, 0.25) is 5.82 Å². The molecule has 0 aliphatic heterocycles. The van der Waals surface area contributed by atoms with E-state index in [9.17, 15) is 9.59 Å². The molecule has 0 radical (unpaired) electrons. The number of nitrogens with zero attached hydrogens (tertiary/aromatic N) is 4. The summed E-state index contributed by atoms with van der Waals surface area (Å²) in [6.07, 6.45) is 5.91. The minimum absolute atomic E-state index is 0.203. The van der Waals surface area contributed by atoms with Crippen LogP contribution in [0.1, 0.15) is 33.1 Å². The highest BCUT2D eigenvalue weighted by molar-refractivity contribution is 6.02. The van der Waals surface area contributed by atoms with Gasteiger partial charge in [-0.2, -0.15) is 0 Å². The number of fused-ring (bicyclic) bond motifs is 1. The molecule has 3 rings (SSSR count). The highest BCUT2D eigenvalue weighted by Gasteiger charge is 2.21. The Morgan fingerprint density at radius 3 is 2.61 bits per heavy atom. The first-order chi connectivity index (χ1) is 13.6. The molecule has 0 saturated carbocycles. The van der Waals surface area contributed by atoms with Crippen LogP contribution < -0.4 is 10.6 Å². The van der Waals surface area contributed by atoms with E-state index < -0.39 is 0 Å². The normalized spacial score (nSPS) is 11.0. The number of pyridine rings is 2. The first-order valence-corrected chi connectivity index (χ1v) is 9.13. The molecule has 146 valence electrons. The van der Waals surface area contributed by atoms with Gasteiger partial charge in [0.15, 0.2) is 5.69 Å². The molecule has 0 unspecified atom stereocenters. The maximum absolute atomic E-state index is 12.7. The van der Waals surface area contributed by atoms with Gasteiger partial charge < -0.3 is 15.5 Å². The van der Waals surface area contributed by atoms with Crippen molar-refractivity contribution < 1.29 is 9.59 Å². The maximum atomic E-state index is 12.7. The largest absolute Gasteiger partial charge is 0.349 e. The first-order valence-electron chi connectivity index (χ1n) is 9.13. The number of rotatable bonds is 8. The molecule has 0 aromatic carbocycles. The topological polar surface area (TPSA) is 91.6 Å². The molecular formula is C20H24N6O2. The van der Waals surface area contributed by atoms with Crippen LogP contribution in [0.5, 0.6) is 0 Å². The minimum Gasteiger partial charge on any atom is -0.349 e. The third-order valence-electron chi connectivity index (χ3n) is 4.24. The highest BCUT2D eigenvalue weighted by Crippen LogP contribution is 2.13. The highest BCUT2D eigenvalue weighted by atomic mass is 16.2. The number of amides is 2. The van der Waals surface area contributed by atoms with Crippen molar-refractivity contribution in [1.29, 1.82) is 0 Å². The average molecular weight is 380 g/mol. The maximum Gasteiger partial charge on any atom is 0.287 e. The van der Waals surface area contributed by atoms with Crippen molar-refractivity contribution >= 4 is 17.3 Å². The number of nitrogens with one attached hydrogen (secondary N) is 2. The van der Waals surface area contributed by atoms with Crippen molar-refractivity contribution in [3.8, 4) is 0 Å². The van der Waals surface area contributed by atoms with Gasteiger partial charge in [0.1, 0.15) is 0 Å². The molecule has 0 spiro atoms. The Kier molecular flexibility index (Phi) is 6.33. The van der Waals surface area contributed by atoms with E-state index in [-0.39, 0.29) is 23.3 Å². The molecule has 0 atom stereocenters. The monoisotopic (exact) mass is 380 g/mol. The summed E-state index contributed by atoms with van der Waals surface area (Å²) < 4.78 is 1.64. The Balaban J connectivity index is 1.74. The predicted octanol–water partition coefficient (Wildman–Crippen LogP) is 1.34. The molecular weight excluding hydrogens is 356 g/mol. The molecule has 0 bridgehead atoms. The van der Waals surface area contributed by atoms with E-state index in [0.29, 0.717) is 18.6 Å². The Hall–Kier alpha value is -3.26. The predicted molar refractivity (Wildman–Crippen MR) is 106 cm³/mol. The SMILES string of the molecule is CN(C)CCCNC(=O)c1nc(C(=O)NCc2ccncc2)c2ccccn12. The second-order valence-corrected chi connectivity index (χ2v) is 6.69. The molecule has 0 aliphatic rings. The lowest BCUT2D eigenvalue weighted by molar-refractivity contribution is 0.0941. The fourth-order valence-electron chi connectivity index (χ4n) is 2.81. The molecule has 3 aromatic rings. The summed E-state index contributed by atoms with van der Waals surface area (Å²) in [5.74, 6) is -0.421. The van der Waals surface area contributed by atoms with Crippen LogP contribution in [0.15, 0.2) is 48.9 Å². The lowest BCUT2D eigenvalue weighted by atomic mass is 10.2. The summed E-state index contributed by atoms with van der Waals surface area (Å²) in [5.41, 5.74) is 1.76. The zero-order chi connectivity index (χ0) is 19.9. The van der Waals surface area contributed by atoms with Crippen molar-refractivity contribution in [2.45, 2.75) is 13.0 Å². The van der Waals surface area contributed by atoms with E-state index in [2.05, 4.69) is 25.5 Å². The van der Waals surface area contributed by atoms with E-state index >= 15 is 0 Å². The van der Waals surface area contributed by atoms with Gasteiger partial charge in [-0.1, -0.05) is 6.07 Å². The van der Waals surface area contributed by atoms with Crippen LogP contribution in [0.25, 0.3) is 5.52 Å². The molecule has 2 N–H and O–H groups in total. The Bertz CT molecular complexity index is 952. The first kappa shape index (κ1) is 19.5. The van der Waals surface area contributed by atoms with Crippen molar-refractivity contribution in [3.05, 3.63) is 66.0 Å². The van der Waals surface area contributed by atoms with E-state index in [1.165, 1.54) is 0 Å². The quantitative estimate of drug-likeness (QED) is 0.576. The van der Waals surface area contributed by atoms with Gasteiger partial charge in [0.05, 0.1) is 5.52 Å². The van der Waals surface area contributed by atoms with Gasteiger partial charge in [-0.05, 0) is 56.9 Å². The summed E-state index contributed by atoms with van der Waals surface area (Å²) in [7, 11) is 3.97. The lowest BCUT2D eigenvalue weighted by Crippen LogP contribution is -2.29. The Morgan fingerprint density at radius 1 is 1.07 bits per heavy atom. The second kappa shape index (κ2) is 9.09. The van der Waals surface area contributed by atoms with Crippen LogP contribution in [0.2, 0.25) is 0 Å². The summed E-state index contributed by atoms with van der Waals surface area (Å²) in [4.78, 5) is 35.6. The third kappa shape index (κ3) is 4.72. The third-order valence-corrected chi connectivity index (χ3v) is 4.24. The van der Waals surface area contributed by atoms with Gasteiger partial charge >= 0.3 is 0 Å². The van der Waals surface area contributed by atoms with Gasteiger partial charge in [-0.3, -0.25) is 19.0 Å². The van der Waals surface area contributed by atoms with E-state index in [1.54, 1.807) is 35.1 Å². The lowest BCUT2D eigenvalue weighted by Gasteiger charge is -2.09. The number of carbonyl (C=O) groups excluding carboxylic acids is 2. The van der Waals surface area contributed by atoms with Crippen LogP contribution in [0.3, 0.4) is 0 Å². The van der Waals surface area contributed by atoms with Crippen LogP contribution >= 0.6 is 0 Å². The van der Waals surface area contributed by atoms with Crippen molar-refractivity contribution in [1.82, 2.24) is 29.9 Å². The van der Waals surface area contributed by atoms with Crippen LogP contribution in [0.4, 0.5) is 0 Å². The summed E-state index contributed by atoms with van der Waals surface area (Å²) >= 11 is 0. The zero-order valence-electron chi connectivity index (χ0n) is 16.1. The van der Waals surface area contributed by atoms with Crippen molar-refractivity contribution in [2.75, 3.05) is 27.2 Å². The minimum atomic E-state index is -0.327. The molecule has 8 heteroatoms. The molecule has 3 heterocycles. The fourth-order valence-corrected chi connectivity index (χ4v) is 2.81. The number of carbonyl (C=O) groups is 2. The molecule has 28 heavy (non-hydrogen) atoms. The fraction of sp³-hybridized carbons (Fsp3) is 0.300. The van der Waals surface area contributed by atoms with Crippen LogP contribution in [0, 0.1) is 0 Å². The molecule has 3 aromatic heterocycles. The number of hydrogen-bond donors (Lipinski definition) is 2.